The molecule has 0 aliphatic carbocycles. The van der Waals surface area contributed by atoms with Crippen LogP contribution in [0, 0.1) is 0 Å². The molecule has 1 N–H and O–H groups in total. The Kier molecular flexibility index (Phi) is 7.23. The van der Waals surface area contributed by atoms with Crippen molar-refractivity contribution in [1.29, 1.82) is 0 Å². The van der Waals surface area contributed by atoms with Crippen molar-refractivity contribution >= 4 is 11.7 Å². The van der Waals surface area contributed by atoms with Crippen LogP contribution in [0.5, 0.6) is 5.88 Å². The minimum Gasteiger partial charge on any atom is -0.476 e. The molecule has 1 unspecified atom stereocenters. The summed E-state index contributed by atoms with van der Waals surface area (Å²) in [5, 5.41) is 7.14. The van der Waals surface area contributed by atoms with Crippen molar-refractivity contribution in [3.63, 3.8) is 0 Å². The molecular weight excluding hydrogens is 422 g/mol. The SMILES string of the molecule is CC(C(=O)NCCOc1cc(N2CCCCC2)ncn1)n1nc(-c2ccncc2)ccc1=O. The zero-order valence-corrected chi connectivity index (χ0v) is 18.6. The van der Waals surface area contributed by atoms with Crippen LogP contribution in [0.15, 0.2) is 53.8 Å². The van der Waals surface area contributed by atoms with Gasteiger partial charge in [-0.3, -0.25) is 14.6 Å². The highest BCUT2D eigenvalue weighted by Crippen LogP contribution is 2.20. The third-order valence-corrected chi connectivity index (χ3v) is 5.51. The van der Waals surface area contributed by atoms with E-state index < -0.39 is 6.04 Å². The third-order valence-electron chi connectivity index (χ3n) is 5.51. The lowest BCUT2D eigenvalue weighted by molar-refractivity contribution is -0.124. The van der Waals surface area contributed by atoms with E-state index in [0.29, 0.717) is 11.6 Å². The predicted molar refractivity (Wildman–Crippen MR) is 123 cm³/mol. The van der Waals surface area contributed by atoms with E-state index in [0.717, 1.165) is 37.3 Å². The van der Waals surface area contributed by atoms with Gasteiger partial charge >= 0.3 is 0 Å². The Bertz CT molecular complexity index is 1130. The first-order valence-corrected chi connectivity index (χ1v) is 11.1. The zero-order chi connectivity index (χ0) is 23.0. The lowest BCUT2D eigenvalue weighted by Crippen LogP contribution is -2.38. The Labute approximate surface area is 191 Å². The second-order valence-electron chi connectivity index (χ2n) is 7.81. The molecule has 10 heteroatoms. The van der Waals surface area contributed by atoms with Crippen molar-refractivity contribution in [3.8, 4) is 17.1 Å². The topological polar surface area (TPSA) is 115 Å². The second-order valence-corrected chi connectivity index (χ2v) is 7.81. The molecule has 0 bridgehead atoms. The minimum atomic E-state index is -0.774. The molecule has 1 aliphatic heterocycles. The Morgan fingerprint density at radius 2 is 1.91 bits per heavy atom. The average Bonchev–Trinajstić information content (AvgIpc) is 2.87. The number of nitrogens with one attached hydrogen (secondary N) is 1. The maximum Gasteiger partial charge on any atom is 0.267 e. The first-order chi connectivity index (χ1) is 16.1. The molecule has 1 atom stereocenters. The van der Waals surface area contributed by atoms with E-state index in [1.54, 1.807) is 37.5 Å². The normalized spacial score (nSPS) is 14.5. The summed E-state index contributed by atoms with van der Waals surface area (Å²) >= 11 is 0. The van der Waals surface area contributed by atoms with Gasteiger partial charge in [0.25, 0.3) is 5.56 Å². The Hall–Kier alpha value is -3.82. The Morgan fingerprint density at radius 1 is 1.12 bits per heavy atom. The summed E-state index contributed by atoms with van der Waals surface area (Å²) in [4.78, 5) is 39.6. The first kappa shape index (κ1) is 22.4. The number of anilines is 1. The fourth-order valence-electron chi connectivity index (χ4n) is 3.67. The van der Waals surface area contributed by atoms with Crippen molar-refractivity contribution < 1.29 is 9.53 Å². The van der Waals surface area contributed by atoms with Gasteiger partial charge in [0.05, 0.1) is 12.2 Å². The summed E-state index contributed by atoms with van der Waals surface area (Å²) in [6, 6.07) is 7.68. The van der Waals surface area contributed by atoms with Crippen molar-refractivity contribution in [2.75, 3.05) is 31.1 Å². The maximum absolute atomic E-state index is 12.6. The summed E-state index contributed by atoms with van der Waals surface area (Å²) in [6.07, 6.45) is 8.36. The molecule has 33 heavy (non-hydrogen) atoms. The molecule has 4 rings (SSSR count). The van der Waals surface area contributed by atoms with E-state index in [9.17, 15) is 9.59 Å². The van der Waals surface area contributed by atoms with E-state index in [1.165, 1.54) is 23.5 Å². The van der Waals surface area contributed by atoms with Crippen LogP contribution in [0.25, 0.3) is 11.3 Å². The number of hydrogen-bond acceptors (Lipinski definition) is 8. The Morgan fingerprint density at radius 3 is 2.70 bits per heavy atom. The van der Waals surface area contributed by atoms with Crippen molar-refractivity contribution in [1.82, 2.24) is 30.0 Å². The van der Waals surface area contributed by atoms with Gasteiger partial charge in [-0.25, -0.2) is 14.6 Å². The van der Waals surface area contributed by atoms with Gasteiger partial charge in [-0.1, -0.05) is 0 Å². The highest BCUT2D eigenvalue weighted by Gasteiger charge is 2.18. The molecule has 0 aromatic carbocycles. The van der Waals surface area contributed by atoms with Crippen LogP contribution in [-0.4, -0.2) is 56.9 Å². The van der Waals surface area contributed by atoms with Gasteiger partial charge in [-0.15, -0.1) is 0 Å². The number of amides is 1. The van der Waals surface area contributed by atoms with Gasteiger partial charge < -0.3 is 15.0 Å². The fraction of sp³-hybridized carbons (Fsp3) is 0.391. The van der Waals surface area contributed by atoms with Gasteiger partial charge in [0, 0.05) is 43.2 Å². The highest BCUT2D eigenvalue weighted by atomic mass is 16.5. The van der Waals surface area contributed by atoms with Crippen LogP contribution in [0.3, 0.4) is 0 Å². The van der Waals surface area contributed by atoms with Crippen LogP contribution in [0.1, 0.15) is 32.2 Å². The molecule has 1 fully saturated rings. The number of ether oxygens (including phenoxy) is 1. The van der Waals surface area contributed by atoms with Crippen molar-refractivity contribution in [3.05, 3.63) is 59.4 Å². The van der Waals surface area contributed by atoms with Crippen molar-refractivity contribution in [2.24, 2.45) is 0 Å². The van der Waals surface area contributed by atoms with Crippen LogP contribution in [0.4, 0.5) is 5.82 Å². The van der Waals surface area contributed by atoms with E-state index in [4.69, 9.17) is 4.74 Å². The lowest BCUT2D eigenvalue weighted by atomic mass is 10.1. The molecule has 0 spiro atoms. The predicted octanol–water partition coefficient (Wildman–Crippen LogP) is 1.84. The van der Waals surface area contributed by atoms with E-state index in [1.807, 2.05) is 6.07 Å². The average molecular weight is 450 g/mol. The Balaban J connectivity index is 1.31. The number of pyridine rings is 1. The van der Waals surface area contributed by atoms with Gasteiger partial charge in [0.15, 0.2) is 0 Å². The van der Waals surface area contributed by atoms with Gasteiger partial charge in [0.2, 0.25) is 11.8 Å². The molecule has 10 nitrogen and oxygen atoms in total. The number of piperidine rings is 1. The summed E-state index contributed by atoms with van der Waals surface area (Å²) < 4.78 is 6.87. The molecule has 3 aromatic heterocycles. The number of aromatic nitrogens is 5. The number of carbonyl (C=O) groups is 1. The fourth-order valence-corrected chi connectivity index (χ4v) is 3.67. The minimum absolute atomic E-state index is 0.244. The number of nitrogens with zero attached hydrogens (tertiary/aromatic N) is 6. The van der Waals surface area contributed by atoms with Crippen molar-refractivity contribution in [2.45, 2.75) is 32.2 Å². The number of hydrogen-bond donors (Lipinski definition) is 1. The molecule has 3 aromatic rings. The summed E-state index contributed by atoms with van der Waals surface area (Å²) in [6.45, 7) is 4.12. The van der Waals surface area contributed by atoms with E-state index in [-0.39, 0.29) is 24.6 Å². The van der Waals surface area contributed by atoms with Crippen LogP contribution < -0.4 is 20.5 Å². The monoisotopic (exact) mass is 449 g/mol. The molecule has 0 radical (unpaired) electrons. The molecule has 172 valence electrons. The summed E-state index contributed by atoms with van der Waals surface area (Å²) in [7, 11) is 0. The number of rotatable bonds is 8. The largest absolute Gasteiger partial charge is 0.476 e. The van der Waals surface area contributed by atoms with Gasteiger partial charge in [-0.05, 0) is 44.4 Å². The third kappa shape index (κ3) is 5.71. The van der Waals surface area contributed by atoms with Gasteiger partial charge in [0.1, 0.15) is 24.8 Å². The van der Waals surface area contributed by atoms with E-state index in [2.05, 4.69) is 30.3 Å². The second kappa shape index (κ2) is 10.7. The quantitative estimate of drug-likeness (QED) is 0.518. The highest BCUT2D eigenvalue weighted by molar-refractivity contribution is 5.79. The molecule has 0 saturated carbocycles. The zero-order valence-electron chi connectivity index (χ0n) is 18.6. The smallest absolute Gasteiger partial charge is 0.267 e. The first-order valence-electron chi connectivity index (χ1n) is 11.1. The summed E-state index contributed by atoms with van der Waals surface area (Å²) in [5.74, 6) is 1.00. The molecule has 4 heterocycles. The van der Waals surface area contributed by atoms with Gasteiger partial charge in [-0.2, -0.15) is 5.10 Å². The maximum atomic E-state index is 12.6. The molecular formula is C23H27N7O3. The lowest BCUT2D eigenvalue weighted by Gasteiger charge is -2.27. The standard InChI is InChI=1S/C23H27N7O3/c1-17(30-22(31)6-5-19(28-30)18-7-9-24-10-8-18)23(32)25-11-14-33-21-15-20(26-16-27-21)29-12-3-2-4-13-29/h5-10,15-17H,2-4,11-14H2,1H3,(H,25,32). The summed E-state index contributed by atoms with van der Waals surface area (Å²) in [5.41, 5.74) is 1.06. The van der Waals surface area contributed by atoms with Crippen LogP contribution >= 0.6 is 0 Å². The molecule has 1 aliphatic rings. The molecule has 1 amide bonds. The molecule has 1 saturated heterocycles. The van der Waals surface area contributed by atoms with E-state index >= 15 is 0 Å². The number of carbonyl (C=O) groups excluding carboxylic acids is 1. The van der Waals surface area contributed by atoms with Crippen LogP contribution in [-0.2, 0) is 4.79 Å². The van der Waals surface area contributed by atoms with Crippen LogP contribution in [0.2, 0.25) is 0 Å².